The van der Waals surface area contributed by atoms with E-state index in [4.69, 9.17) is 5.73 Å². The molecule has 2 N–H and O–H groups in total. The third-order valence-corrected chi connectivity index (χ3v) is 4.32. The molecule has 106 valence electrons. The highest BCUT2D eigenvalue weighted by Crippen LogP contribution is 2.28. The van der Waals surface area contributed by atoms with Gasteiger partial charge in [0.15, 0.2) is 0 Å². The van der Waals surface area contributed by atoms with E-state index in [9.17, 15) is 4.39 Å². The van der Waals surface area contributed by atoms with Crippen LogP contribution in [0.25, 0.3) is 0 Å². The Balaban J connectivity index is 2.05. The van der Waals surface area contributed by atoms with Gasteiger partial charge in [-0.25, -0.2) is 4.39 Å². The van der Waals surface area contributed by atoms with Gasteiger partial charge in [-0.1, -0.05) is 25.8 Å². The number of nitrogens with two attached hydrogens (primary N) is 1. The first-order valence-corrected chi connectivity index (χ1v) is 7.29. The highest BCUT2D eigenvalue weighted by atomic mass is 19.1. The second-order valence-electron chi connectivity index (χ2n) is 5.92. The monoisotopic (exact) mass is 264 g/mol. The molecule has 2 rings (SSSR count). The van der Waals surface area contributed by atoms with E-state index in [1.807, 2.05) is 6.07 Å². The van der Waals surface area contributed by atoms with Crippen molar-refractivity contribution in [3.8, 4) is 0 Å². The Labute approximate surface area is 115 Å². The van der Waals surface area contributed by atoms with Crippen molar-refractivity contribution in [2.24, 2.45) is 11.7 Å². The van der Waals surface area contributed by atoms with E-state index in [1.165, 1.54) is 31.7 Å². The Morgan fingerprint density at radius 2 is 1.89 bits per heavy atom. The lowest BCUT2D eigenvalue weighted by molar-refractivity contribution is 0.133. The summed E-state index contributed by atoms with van der Waals surface area (Å²) in [7, 11) is 2.15. The summed E-state index contributed by atoms with van der Waals surface area (Å²) in [6.07, 6.45) is 5.24. The molecule has 0 bridgehead atoms. The number of halogens is 1. The highest BCUT2D eigenvalue weighted by molar-refractivity contribution is 5.24. The Morgan fingerprint density at radius 1 is 1.21 bits per heavy atom. The van der Waals surface area contributed by atoms with Gasteiger partial charge in [0.25, 0.3) is 0 Å². The van der Waals surface area contributed by atoms with Crippen LogP contribution in [0.2, 0.25) is 0 Å². The smallest absolute Gasteiger partial charge is 0.123 e. The zero-order chi connectivity index (χ0) is 13.8. The molecule has 1 aliphatic carbocycles. The van der Waals surface area contributed by atoms with Crippen molar-refractivity contribution in [3.63, 3.8) is 0 Å². The summed E-state index contributed by atoms with van der Waals surface area (Å²) in [4.78, 5) is 2.37. The molecule has 1 fully saturated rings. The van der Waals surface area contributed by atoms with Crippen molar-refractivity contribution in [2.45, 2.75) is 51.7 Å². The Bertz CT molecular complexity index is 419. The molecule has 0 saturated heterocycles. The van der Waals surface area contributed by atoms with E-state index in [2.05, 4.69) is 18.9 Å². The first kappa shape index (κ1) is 14.5. The molecule has 0 amide bonds. The lowest BCUT2D eigenvalue weighted by atomic mass is 9.85. The molecule has 1 aromatic carbocycles. The lowest BCUT2D eigenvalue weighted by Gasteiger charge is -2.36. The SMILES string of the molecule is CC1CCCCC1N(C)Cc1cc(F)cc(CN)c1. The number of hydrogen-bond donors (Lipinski definition) is 1. The van der Waals surface area contributed by atoms with Crippen LogP contribution in [0.4, 0.5) is 4.39 Å². The van der Waals surface area contributed by atoms with Gasteiger partial charge in [0.1, 0.15) is 5.82 Å². The summed E-state index contributed by atoms with van der Waals surface area (Å²) >= 11 is 0. The van der Waals surface area contributed by atoms with Gasteiger partial charge in [-0.05, 0) is 49.1 Å². The molecule has 2 nitrogen and oxygen atoms in total. The van der Waals surface area contributed by atoms with Crippen molar-refractivity contribution in [1.82, 2.24) is 4.90 Å². The summed E-state index contributed by atoms with van der Waals surface area (Å²) in [6.45, 7) is 3.53. The van der Waals surface area contributed by atoms with Crippen LogP contribution in [0.5, 0.6) is 0 Å². The van der Waals surface area contributed by atoms with E-state index in [1.54, 1.807) is 6.07 Å². The minimum atomic E-state index is -0.178. The maximum atomic E-state index is 13.5. The van der Waals surface area contributed by atoms with Crippen LogP contribution in [0.3, 0.4) is 0 Å². The van der Waals surface area contributed by atoms with E-state index < -0.39 is 0 Å². The molecule has 1 aromatic rings. The number of benzene rings is 1. The predicted molar refractivity (Wildman–Crippen MR) is 77.2 cm³/mol. The second kappa shape index (κ2) is 6.49. The van der Waals surface area contributed by atoms with E-state index in [0.717, 1.165) is 23.6 Å². The molecule has 19 heavy (non-hydrogen) atoms. The predicted octanol–water partition coefficient (Wildman–Crippen LogP) is 3.29. The van der Waals surface area contributed by atoms with Crippen molar-refractivity contribution in [2.75, 3.05) is 7.05 Å². The summed E-state index contributed by atoms with van der Waals surface area (Å²) in [5.74, 6) is 0.560. The zero-order valence-corrected chi connectivity index (χ0v) is 12.0. The molecule has 0 aliphatic heterocycles. The fourth-order valence-electron chi connectivity index (χ4n) is 3.28. The van der Waals surface area contributed by atoms with Gasteiger partial charge in [-0.15, -0.1) is 0 Å². The molecule has 2 atom stereocenters. The van der Waals surface area contributed by atoms with Crippen molar-refractivity contribution >= 4 is 0 Å². The molecule has 0 spiro atoms. The van der Waals surface area contributed by atoms with Crippen LogP contribution in [0, 0.1) is 11.7 Å². The Kier molecular flexibility index (Phi) is 4.94. The Morgan fingerprint density at radius 3 is 2.58 bits per heavy atom. The average molecular weight is 264 g/mol. The highest BCUT2D eigenvalue weighted by Gasteiger charge is 2.24. The first-order valence-electron chi connectivity index (χ1n) is 7.29. The van der Waals surface area contributed by atoms with Crippen LogP contribution in [-0.2, 0) is 13.1 Å². The van der Waals surface area contributed by atoms with Crippen molar-refractivity contribution in [3.05, 3.63) is 35.1 Å². The first-order chi connectivity index (χ1) is 9.10. The minimum Gasteiger partial charge on any atom is -0.326 e. The quantitative estimate of drug-likeness (QED) is 0.904. The molecule has 0 aromatic heterocycles. The summed E-state index contributed by atoms with van der Waals surface area (Å²) < 4.78 is 13.5. The standard InChI is InChI=1S/C16H25FN2/c1-12-5-3-4-6-16(12)19(2)11-14-7-13(10-18)8-15(17)9-14/h7-9,12,16H,3-6,10-11,18H2,1-2H3. The molecule has 2 unspecified atom stereocenters. The van der Waals surface area contributed by atoms with Gasteiger partial charge >= 0.3 is 0 Å². The number of rotatable bonds is 4. The minimum absolute atomic E-state index is 0.178. The number of hydrogen-bond acceptors (Lipinski definition) is 2. The van der Waals surface area contributed by atoms with E-state index in [0.29, 0.717) is 12.6 Å². The van der Waals surface area contributed by atoms with E-state index in [-0.39, 0.29) is 5.82 Å². The molecular formula is C16H25FN2. The lowest BCUT2D eigenvalue weighted by Crippen LogP contribution is -2.38. The zero-order valence-electron chi connectivity index (χ0n) is 12.0. The molecule has 0 radical (unpaired) electrons. The van der Waals surface area contributed by atoms with Crippen LogP contribution in [0.15, 0.2) is 18.2 Å². The maximum absolute atomic E-state index is 13.5. The van der Waals surface area contributed by atoms with Gasteiger partial charge in [-0.2, -0.15) is 0 Å². The summed E-state index contributed by atoms with van der Waals surface area (Å²) in [5.41, 5.74) is 7.51. The fraction of sp³-hybridized carbons (Fsp3) is 0.625. The summed E-state index contributed by atoms with van der Waals surface area (Å²) in [5, 5.41) is 0. The van der Waals surface area contributed by atoms with Crippen molar-refractivity contribution in [1.29, 1.82) is 0 Å². The maximum Gasteiger partial charge on any atom is 0.123 e. The fourth-order valence-corrected chi connectivity index (χ4v) is 3.28. The third-order valence-electron chi connectivity index (χ3n) is 4.32. The van der Waals surface area contributed by atoms with Crippen LogP contribution >= 0.6 is 0 Å². The van der Waals surface area contributed by atoms with Crippen LogP contribution in [0.1, 0.15) is 43.7 Å². The van der Waals surface area contributed by atoms with Gasteiger partial charge in [0.05, 0.1) is 0 Å². The Hall–Kier alpha value is -0.930. The average Bonchev–Trinajstić information content (AvgIpc) is 2.38. The van der Waals surface area contributed by atoms with Gasteiger partial charge in [0.2, 0.25) is 0 Å². The normalized spacial score (nSPS) is 23.8. The van der Waals surface area contributed by atoms with Gasteiger partial charge in [0, 0.05) is 19.1 Å². The van der Waals surface area contributed by atoms with Gasteiger partial charge < -0.3 is 5.73 Å². The summed E-state index contributed by atoms with van der Waals surface area (Å²) in [6, 6.07) is 5.79. The third kappa shape index (κ3) is 3.77. The molecule has 0 heterocycles. The van der Waals surface area contributed by atoms with Crippen LogP contribution < -0.4 is 5.73 Å². The van der Waals surface area contributed by atoms with Gasteiger partial charge in [-0.3, -0.25) is 4.90 Å². The topological polar surface area (TPSA) is 29.3 Å². The number of nitrogens with zero attached hydrogens (tertiary/aromatic N) is 1. The van der Waals surface area contributed by atoms with Crippen molar-refractivity contribution < 1.29 is 4.39 Å². The van der Waals surface area contributed by atoms with Crippen LogP contribution in [-0.4, -0.2) is 18.0 Å². The molecule has 3 heteroatoms. The molecule has 1 aliphatic rings. The second-order valence-corrected chi connectivity index (χ2v) is 5.92. The molecule has 1 saturated carbocycles. The molecular weight excluding hydrogens is 239 g/mol. The largest absolute Gasteiger partial charge is 0.326 e. The van der Waals surface area contributed by atoms with E-state index >= 15 is 0 Å².